The molecule has 0 unspecified atom stereocenters. The van der Waals surface area contributed by atoms with E-state index in [9.17, 15) is 9.18 Å². The first-order valence-corrected chi connectivity index (χ1v) is 9.28. The minimum absolute atomic E-state index is 0. The second kappa shape index (κ2) is 10.0. The molecule has 1 aliphatic heterocycles. The molecule has 1 saturated heterocycles. The van der Waals surface area contributed by atoms with Crippen molar-refractivity contribution in [2.75, 3.05) is 20.1 Å². The summed E-state index contributed by atoms with van der Waals surface area (Å²) in [4.78, 5) is 19.9. The van der Waals surface area contributed by atoms with Crippen LogP contribution in [-0.4, -0.2) is 42.0 Å². The van der Waals surface area contributed by atoms with Crippen LogP contribution in [0.25, 0.3) is 22.2 Å². The molecule has 3 aromatic rings. The molecule has 0 radical (unpaired) electrons. The van der Waals surface area contributed by atoms with E-state index in [-0.39, 0.29) is 36.5 Å². The summed E-state index contributed by atoms with van der Waals surface area (Å²) >= 11 is 0. The molecule has 7 heteroatoms. The van der Waals surface area contributed by atoms with Crippen LogP contribution in [0.5, 0.6) is 0 Å². The Morgan fingerprint density at radius 1 is 1.07 bits per heavy atom. The zero-order chi connectivity index (χ0) is 18.8. The average Bonchev–Trinajstić information content (AvgIpc) is 2.73. The number of piperidine rings is 1. The molecule has 0 atom stereocenters. The molecule has 1 amide bonds. The molecule has 1 fully saturated rings. The number of likely N-dealkylation sites (tertiary alicyclic amines) is 1. The predicted molar refractivity (Wildman–Crippen MR) is 120 cm³/mol. The number of hydrogen-bond acceptors (Lipinski definition) is 3. The van der Waals surface area contributed by atoms with Crippen LogP contribution >= 0.6 is 24.8 Å². The topological polar surface area (TPSA) is 45.2 Å². The Bertz CT molecular complexity index is 973. The van der Waals surface area contributed by atoms with E-state index in [0.717, 1.165) is 42.4 Å². The summed E-state index contributed by atoms with van der Waals surface area (Å²) in [6, 6.07) is 16.2. The number of pyridine rings is 1. The number of halogens is 3. The molecular weight excluding hydrogens is 412 g/mol. The van der Waals surface area contributed by atoms with Crippen LogP contribution < -0.4 is 5.32 Å². The molecule has 1 aliphatic rings. The van der Waals surface area contributed by atoms with Gasteiger partial charge in [0.1, 0.15) is 5.82 Å². The van der Waals surface area contributed by atoms with Gasteiger partial charge < -0.3 is 10.2 Å². The first-order chi connectivity index (χ1) is 13.2. The van der Waals surface area contributed by atoms with Gasteiger partial charge in [0, 0.05) is 30.1 Å². The lowest BCUT2D eigenvalue weighted by atomic mass is 10.0. The Morgan fingerprint density at radius 3 is 2.38 bits per heavy atom. The summed E-state index contributed by atoms with van der Waals surface area (Å²) in [6.07, 6.45) is 1.91. The fourth-order valence-corrected chi connectivity index (χ4v) is 3.66. The summed E-state index contributed by atoms with van der Waals surface area (Å²) in [6.45, 7) is 1.49. The zero-order valence-corrected chi connectivity index (χ0v) is 17.7. The highest BCUT2D eigenvalue weighted by molar-refractivity contribution is 6.07. The lowest BCUT2D eigenvalue weighted by Crippen LogP contribution is -2.44. The Labute approximate surface area is 182 Å². The second-order valence-corrected chi connectivity index (χ2v) is 6.93. The number of benzene rings is 2. The van der Waals surface area contributed by atoms with Crippen LogP contribution in [0.4, 0.5) is 4.39 Å². The van der Waals surface area contributed by atoms with Gasteiger partial charge in [0.15, 0.2) is 0 Å². The Morgan fingerprint density at radius 2 is 1.72 bits per heavy atom. The largest absolute Gasteiger partial charge is 0.339 e. The molecule has 4 nitrogen and oxygen atoms in total. The van der Waals surface area contributed by atoms with Crippen LogP contribution in [0.2, 0.25) is 0 Å². The third kappa shape index (κ3) is 4.86. The number of amides is 1. The lowest BCUT2D eigenvalue weighted by Gasteiger charge is -2.32. The van der Waals surface area contributed by atoms with Crippen LogP contribution in [0, 0.1) is 5.82 Å². The van der Waals surface area contributed by atoms with E-state index in [1.165, 1.54) is 12.1 Å². The van der Waals surface area contributed by atoms with Crippen molar-refractivity contribution >= 4 is 41.6 Å². The first-order valence-electron chi connectivity index (χ1n) is 9.28. The van der Waals surface area contributed by atoms with Gasteiger partial charge in [-0.2, -0.15) is 0 Å². The van der Waals surface area contributed by atoms with Crippen molar-refractivity contribution in [2.24, 2.45) is 0 Å². The molecule has 1 N–H and O–H groups in total. The minimum atomic E-state index is -0.289. The van der Waals surface area contributed by atoms with E-state index in [2.05, 4.69) is 10.3 Å². The Kier molecular flexibility index (Phi) is 7.96. The van der Waals surface area contributed by atoms with Gasteiger partial charge in [0.25, 0.3) is 5.91 Å². The van der Waals surface area contributed by atoms with Gasteiger partial charge in [-0.25, -0.2) is 9.37 Å². The molecule has 0 saturated carbocycles. The maximum Gasteiger partial charge on any atom is 0.254 e. The summed E-state index contributed by atoms with van der Waals surface area (Å²) in [5.74, 6) is -0.255. The molecular formula is C22H24Cl2FN3O. The van der Waals surface area contributed by atoms with Crippen LogP contribution in [0.3, 0.4) is 0 Å². The summed E-state index contributed by atoms with van der Waals surface area (Å²) in [7, 11) is 1.97. The standard InChI is InChI=1S/C22H22FN3O.2ClH/c1-24-17-10-12-26(13-11-17)22(27)19-14-21(15-6-8-16(23)9-7-15)25-20-5-3-2-4-18(19)20;;/h2-9,14,17,24H,10-13H2,1H3;2*1H. The minimum Gasteiger partial charge on any atom is -0.339 e. The van der Waals surface area contributed by atoms with Gasteiger partial charge in [-0.15, -0.1) is 24.8 Å². The number of carbonyl (C=O) groups excluding carboxylic acids is 1. The second-order valence-electron chi connectivity index (χ2n) is 6.93. The van der Waals surface area contributed by atoms with Crippen LogP contribution in [0.15, 0.2) is 54.6 Å². The molecule has 2 aromatic carbocycles. The van der Waals surface area contributed by atoms with E-state index in [1.54, 1.807) is 12.1 Å². The van der Waals surface area contributed by atoms with E-state index < -0.39 is 0 Å². The number of rotatable bonds is 3. The van der Waals surface area contributed by atoms with Crippen molar-refractivity contribution in [3.05, 3.63) is 66.0 Å². The van der Waals surface area contributed by atoms with Gasteiger partial charge >= 0.3 is 0 Å². The molecule has 29 heavy (non-hydrogen) atoms. The van der Waals surface area contributed by atoms with Crippen molar-refractivity contribution in [1.82, 2.24) is 15.2 Å². The summed E-state index contributed by atoms with van der Waals surface area (Å²) < 4.78 is 13.3. The smallest absolute Gasteiger partial charge is 0.254 e. The number of hydrogen-bond donors (Lipinski definition) is 1. The third-order valence-electron chi connectivity index (χ3n) is 5.28. The highest BCUT2D eigenvalue weighted by atomic mass is 35.5. The molecule has 1 aromatic heterocycles. The highest BCUT2D eigenvalue weighted by Gasteiger charge is 2.24. The number of fused-ring (bicyclic) bond motifs is 1. The van der Waals surface area contributed by atoms with Crippen molar-refractivity contribution < 1.29 is 9.18 Å². The maximum atomic E-state index is 13.3. The summed E-state index contributed by atoms with van der Waals surface area (Å²) in [5.41, 5.74) is 2.91. The van der Waals surface area contributed by atoms with Crippen molar-refractivity contribution in [2.45, 2.75) is 18.9 Å². The molecule has 2 heterocycles. The first kappa shape index (κ1) is 23.1. The quantitative estimate of drug-likeness (QED) is 0.647. The predicted octanol–water partition coefficient (Wildman–Crippen LogP) is 4.71. The van der Waals surface area contributed by atoms with Crippen molar-refractivity contribution in [3.63, 3.8) is 0 Å². The van der Waals surface area contributed by atoms with E-state index in [4.69, 9.17) is 0 Å². The zero-order valence-electron chi connectivity index (χ0n) is 16.1. The van der Waals surface area contributed by atoms with Crippen molar-refractivity contribution in [1.29, 1.82) is 0 Å². The monoisotopic (exact) mass is 435 g/mol. The van der Waals surface area contributed by atoms with E-state index in [1.807, 2.05) is 42.3 Å². The normalized spacial score (nSPS) is 14.2. The van der Waals surface area contributed by atoms with E-state index >= 15 is 0 Å². The molecule has 4 rings (SSSR count). The third-order valence-corrected chi connectivity index (χ3v) is 5.28. The number of nitrogens with one attached hydrogen (secondary N) is 1. The Balaban J connectivity index is 0.00000150. The fraction of sp³-hybridized carbons (Fsp3) is 0.273. The fourth-order valence-electron chi connectivity index (χ4n) is 3.66. The van der Waals surface area contributed by atoms with Crippen LogP contribution in [-0.2, 0) is 0 Å². The molecule has 0 bridgehead atoms. The molecule has 154 valence electrons. The highest BCUT2D eigenvalue weighted by Crippen LogP contribution is 2.27. The van der Waals surface area contributed by atoms with Gasteiger partial charge in [-0.3, -0.25) is 4.79 Å². The van der Waals surface area contributed by atoms with E-state index in [0.29, 0.717) is 17.3 Å². The van der Waals surface area contributed by atoms with Crippen molar-refractivity contribution in [3.8, 4) is 11.3 Å². The van der Waals surface area contributed by atoms with Gasteiger partial charge in [0.05, 0.1) is 16.8 Å². The average molecular weight is 436 g/mol. The maximum absolute atomic E-state index is 13.3. The lowest BCUT2D eigenvalue weighted by molar-refractivity contribution is 0.0709. The SMILES string of the molecule is CNC1CCN(C(=O)c2cc(-c3ccc(F)cc3)nc3ccccc23)CC1.Cl.Cl. The molecule has 0 spiro atoms. The molecule has 0 aliphatic carbocycles. The number of para-hydroxylation sites is 1. The Hall–Kier alpha value is -2.21. The number of aromatic nitrogens is 1. The van der Waals surface area contributed by atoms with Gasteiger partial charge in [-0.05, 0) is 56.3 Å². The van der Waals surface area contributed by atoms with Gasteiger partial charge in [0.2, 0.25) is 0 Å². The number of carbonyl (C=O) groups is 1. The number of nitrogens with zero attached hydrogens (tertiary/aromatic N) is 2. The summed E-state index contributed by atoms with van der Waals surface area (Å²) in [5, 5.41) is 4.14. The van der Waals surface area contributed by atoms with Gasteiger partial charge in [-0.1, -0.05) is 18.2 Å². The van der Waals surface area contributed by atoms with Crippen LogP contribution in [0.1, 0.15) is 23.2 Å².